The summed E-state index contributed by atoms with van der Waals surface area (Å²) >= 11 is 0. The highest BCUT2D eigenvalue weighted by molar-refractivity contribution is 5.56. The summed E-state index contributed by atoms with van der Waals surface area (Å²) in [6.07, 6.45) is 1.94. The van der Waals surface area contributed by atoms with Gasteiger partial charge in [0.05, 0.1) is 0 Å². The zero-order valence-electron chi connectivity index (χ0n) is 11.9. The van der Waals surface area contributed by atoms with Crippen molar-refractivity contribution in [3.05, 3.63) is 46.8 Å². The van der Waals surface area contributed by atoms with Crippen LogP contribution >= 0.6 is 0 Å². The molecule has 1 aromatic carbocycles. The van der Waals surface area contributed by atoms with E-state index in [1.165, 1.54) is 11.1 Å². The molecule has 0 atom stereocenters. The Morgan fingerprint density at radius 3 is 2.05 bits per heavy atom. The molecule has 0 aliphatic rings. The van der Waals surface area contributed by atoms with Gasteiger partial charge in [-0.3, -0.25) is 0 Å². The molecule has 0 saturated heterocycles. The molecule has 19 heavy (non-hydrogen) atoms. The Bertz CT molecular complexity index is 536. The number of hydrogen-bond donors (Lipinski definition) is 1. The van der Waals surface area contributed by atoms with Gasteiger partial charge in [-0.2, -0.15) is 0 Å². The Morgan fingerprint density at radius 1 is 0.947 bits per heavy atom. The van der Waals surface area contributed by atoms with Crippen LogP contribution in [0, 0.1) is 20.8 Å². The average molecular weight is 255 g/mol. The highest BCUT2D eigenvalue weighted by Gasteiger charge is 2.09. The molecule has 3 nitrogen and oxygen atoms in total. The number of aromatic nitrogens is 2. The van der Waals surface area contributed by atoms with Gasteiger partial charge in [-0.15, -0.1) is 0 Å². The first-order valence-corrected chi connectivity index (χ1v) is 6.73. The quantitative estimate of drug-likeness (QED) is 0.913. The predicted molar refractivity (Wildman–Crippen MR) is 79.1 cm³/mol. The Kier molecular flexibility index (Phi) is 4.27. The topological polar surface area (TPSA) is 51.8 Å². The number of benzene rings is 1. The van der Waals surface area contributed by atoms with Gasteiger partial charge in [-0.25, -0.2) is 9.97 Å². The highest BCUT2D eigenvalue weighted by Crippen LogP contribution is 2.20. The molecule has 0 bridgehead atoms. The van der Waals surface area contributed by atoms with Crippen LogP contribution in [0.2, 0.25) is 0 Å². The van der Waals surface area contributed by atoms with Crippen molar-refractivity contribution in [3.63, 3.8) is 0 Å². The maximum atomic E-state index is 5.57. The van der Waals surface area contributed by atoms with Crippen molar-refractivity contribution in [2.75, 3.05) is 6.54 Å². The Labute approximate surface area is 114 Å². The molecule has 0 aliphatic carbocycles. The van der Waals surface area contributed by atoms with Crippen molar-refractivity contribution in [1.82, 2.24) is 9.97 Å². The predicted octanol–water partition coefficient (Wildman–Crippen LogP) is 2.96. The molecule has 1 aromatic heterocycles. The maximum absolute atomic E-state index is 5.57. The van der Waals surface area contributed by atoms with Crippen LogP contribution in [0.5, 0.6) is 0 Å². The van der Waals surface area contributed by atoms with Crippen molar-refractivity contribution in [2.24, 2.45) is 5.73 Å². The minimum atomic E-state index is 0.707. The molecule has 0 saturated carbocycles. The van der Waals surface area contributed by atoms with Crippen molar-refractivity contribution in [1.29, 1.82) is 0 Å². The highest BCUT2D eigenvalue weighted by atomic mass is 14.9. The first-order chi connectivity index (χ1) is 9.11. The summed E-state index contributed by atoms with van der Waals surface area (Å²) in [5.41, 5.74) is 11.3. The van der Waals surface area contributed by atoms with Gasteiger partial charge in [0, 0.05) is 17.0 Å². The second-order valence-electron chi connectivity index (χ2n) is 4.95. The smallest absolute Gasteiger partial charge is 0.159 e. The summed E-state index contributed by atoms with van der Waals surface area (Å²) in [6, 6.07) is 8.32. The molecule has 3 heteroatoms. The van der Waals surface area contributed by atoms with Gasteiger partial charge in [0.2, 0.25) is 0 Å². The summed E-state index contributed by atoms with van der Waals surface area (Å²) < 4.78 is 0. The van der Waals surface area contributed by atoms with Gasteiger partial charge in [-0.05, 0) is 45.7 Å². The van der Waals surface area contributed by atoms with E-state index in [1.807, 2.05) is 0 Å². The number of rotatable bonds is 4. The molecule has 100 valence electrons. The van der Waals surface area contributed by atoms with E-state index in [0.717, 1.165) is 35.6 Å². The average Bonchev–Trinajstić information content (AvgIpc) is 2.38. The fourth-order valence-corrected chi connectivity index (χ4v) is 2.21. The summed E-state index contributed by atoms with van der Waals surface area (Å²) in [5, 5.41) is 0. The van der Waals surface area contributed by atoms with E-state index in [-0.39, 0.29) is 0 Å². The standard InChI is InChI=1S/C16H21N3/c1-11-6-8-14(9-7-11)16-18-12(2)15(5-4-10-17)13(3)19-16/h6-9H,4-5,10,17H2,1-3H3. The zero-order valence-corrected chi connectivity index (χ0v) is 11.9. The van der Waals surface area contributed by atoms with Crippen molar-refractivity contribution in [2.45, 2.75) is 33.6 Å². The van der Waals surface area contributed by atoms with Crippen LogP contribution in [-0.4, -0.2) is 16.5 Å². The fourth-order valence-electron chi connectivity index (χ4n) is 2.21. The minimum Gasteiger partial charge on any atom is -0.330 e. The van der Waals surface area contributed by atoms with E-state index < -0.39 is 0 Å². The lowest BCUT2D eigenvalue weighted by Crippen LogP contribution is -2.06. The van der Waals surface area contributed by atoms with Crippen LogP contribution < -0.4 is 5.73 Å². The first kappa shape index (κ1) is 13.7. The summed E-state index contributed by atoms with van der Waals surface area (Å²) in [7, 11) is 0. The molecule has 1 heterocycles. The second kappa shape index (κ2) is 5.93. The van der Waals surface area contributed by atoms with Crippen LogP contribution in [0.3, 0.4) is 0 Å². The SMILES string of the molecule is Cc1ccc(-c2nc(C)c(CCCN)c(C)n2)cc1. The normalized spacial score (nSPS) is 10.7. The van der Waals surface area contributed by atoms with Crippen LogP contribution in [0.4, 0.5) is 0 Å². The Morgan fingerprint density at radius 2 is 1.53 bits per heavy atom. The molecule has 0 aliphatic heterocycles. The lowest BCUT2D eigenvalue weighted by molar-refractivity contribution is 0.806. The molecule has 0 spiro atoms. The summed E-state index contributed by atoms with van der Waals surface area (Å²) in [5.74, 6) is 0.812. The van der Waals surface area contributed by atoms with E-state index in [9.17, 15) is 0 Å². The van der Waals surface area contributed by atoms with Crippen molar-refractivity contribution in [3.8, 4) is 11.4 Å². The maximum Gasteiger partial charge on any atom is 0.159 e. The van der Waals surface area contributed by atoms with E-state index in [0.29, 0.717) is 6.54 Å². The van der Waals surface area contributed by atoms with Crippen molar-refractivity contribution < 1.29 is 0 Å². The van der Waals surface area contributed by atoms with Gasteiger partial charge in [0.1, 0.15) is 0 Å². The van der Waals surface area contributed by atoms with Gasteiger partial charge in [0.15, 0.2) is 5.82 Å². The van der Waals surface area contributed by atoms with E-state index in [4.69, 9.17) is 5.73 Å². The minimum absolute atomic E-state index is 0.707. The van der Waals surface area contributed by atoms with Crippen LogP contribution in [0.1, 0.15) is 28.9 Å². The molecule has 0 amide bonds. The van der Waals surface area contributed by atoms with E-state index in [1.54, 1.807) is 0 Å². The third-order valence-corrected chi connectivity index (χ3v) is 3.36. The molecular formula is C16H21N3. The fraction of sp³-hybridized carbons (Fsp3) is 0.375. The van der Waals surface area contributed by atoms with Crippen LogP contribution in [0.25, 0.3) is 11.4 Å². The van der Waals surface area contributed by atoms with Gasteiger partial charge < -0.3 is 5.73 Å². The largest absolute Gasteiger partial charge is 0.330 e. The van der Waals surface area contributed by atoms with Gasteiger partial charge >= 0.3 is 0 Å². The third-order valence-electron chi connectivity index (χ3n) is 3.36. The second-order valence-corrected chi connectivity index (χ2v) is 4.95. The van der Waals surface area contributed by atoms with Crippen LogP contribution in [0.15, 0.2) is 24.3 Å². The van der Waals surface area contributed by atoms with Gasteiger partial charge in [-0.1, -0.05) is 29.8 Å². The molecular weight excluding hydrogens is 234 g/mol. The number of nitrogens with two attached hydrogens (primary N) is 1. The number of nitrogens with zero attached hydrogens (tertiary/aromatic N) is 2. The number of aryl methyl sites for hydroxylation is 3. The molecule has 2 aromatic rings. The number of hydrogen-bond acceptors (Lipinski definition) is 3. The summed E-state index contributed by atoms with van der Waals surface area (Å²) in [6.45, 7) is 6.89. The third kappa shape index (κ3) is 3.18. The van der Waals surface area contributed by atoms with Gasteiger partial charge in [0.25, 0.3) is 0 Å². The molecule has 2 rings (SSSR count). The Hall–Kier alpha value is -1.74. The van der Waals surface area contributed by atoms with E-state index in [2.05, 4.69) is 55.0 Å². The monoisotopic (exact) mass is 255 g/mol. The Balaban J connectivity index is 2.36. The zero-order chi connectivity index (χ0) is 13.8. The first-order valence-electron chi connectivity index (χ1n) is 6.73. The van der Waals surface area contributed by atoms with E-state index >= 15 is 0 Å². The van der Waals surface area contributed by atoms with Crippen LogP contribution in [-0.2, 0) is 6.42 Å². The molecule has 0 fully saturated rings. The lowest BCUT2D eigenvalue weighted by atomic mass is 10.1. The summed E-state index contributed by atoms with van der Waals surface area (Å²) in [4.78, 5) is 9.27. The molecule has 0 unspecified atom stereocenters. The lowest BCUT2D eigenvalue weighted by Gasteiger charge is -2.10. The molecule has 0 radical (unpaired) electrons. The molecule has 2 N–H and O–H groups in total. The van der Waals surface area contributed by atoms with Crippen molar-refractivity contribution >= 4 is 0 Å².